The molecule has 1 aromatic rings. The van der Waals surface area contributed by atoms with Crippen molar-refractivity contribution >= 4 is 17.7 Å². The van der Waals surface area contributed by atoms with Gasteiger partial charge in [0.15, 0.2) is 0 Å². The van der Waals surface area contributed by atoms with Crippen LogP contribution in [-0.2, 0) is 4.79 Å². The summed E-state index contributed by atoms with van der Waals surface area (Å²) in [5, 5.41) is 0.0118. The van der Waals surface area contributed by atoms with Crippen LogP contribution in [0.1, 0.15) is 26.7 Å². The predicted octanol–water partition coefficient (Wildman–Crippen LogP) is 3.43. The van der Waals surface area contributed by atoms with Crippen LogP contribution in [0.15, 0.2) is 35.2 Å². The fourth-order valence-corrected chi connectivity index (χ4v) is 3.37. The number of carbonyl (C=O) groups excluding carboxylic acids is 1. The molecule has 1 fully saturated rings. The molecule has 2 nitrogen and oxygen atoms in total. The van der Waals surface area contributed by atoms with E-state index in [0.717, 1.165) is 19.5 Å². The molecule has 1 aliphatic heterocycles. The molecule has 1 heterocycles. The molecule has 18 heavy (non-hydrogen) atoms. The van der Waals surface area contributed by atoms with E-state index >= 15 is 0 Å². The molecule has 1 aromatic carbocycles. The molecule has 2 rings (SSSR count). The summed E-state index contributed by atoms with van der Waals surface area (Å²) in [5.74, 6) is 0.937. The lowest BCUT2D eigenvalue weighted by Gasteiger charge is -2.32. The van der Waals surface area contributed by atoms with Crippen LogP contribution in [0, 0.1) is 5.92 Å². The van der Waals surface area contributed by atoms with E-state index < -0.39 is 0 Å². The van der Waals surface area contributed by atoms with Crippen LogP contribution in [0.3, 0.4) is 0 Å². The third-order valence-electron chi connectivity index (χ3n) is 3.37. The van der Waals surface area contributed by atoms with E-state index in [1.807, 2.05) is 30.0 Å². The fourth-order valence-electron chi connectivity index (χ4n) is 2.40. The summed E-state index contributed by atoms with van der Waals surface area (Å²) in [4.78, 5) is 15.6. The Kier molecular flexibility index (Phi) is 4.70. The predicted molar refractivity (Wildman–Crippen MR) is 76.7 cm³/mol. The molecule has 1 saturated heterocycles. The van der Waals surface area contributed by atoms with Gasteiger partial charge in [0.2, 0.25) is 5.91 Å². The maximum Gasteiger partial charge on any atom is 0.235 e. The molecule has 0 radical (unpaired) electrons. The van der Waals surface area contributed by atoms with E-state index in [9.17, 15) is 4.79 Å². The van der Waals surface area contributed by atoms with Gasteiger partial charge in [-0.1, -0.05) is 25.1 Å². The molecule has 0 saturated carbocycles. The molecule has 2 atom stereocenters. The van der Waals surface area contributed by atoms with Crippen molar-refractivity contribution in [1.29, 1.82) is 0 Å². The minimum Gasteiger partial charge on any atom is -0.341 e. The summed E-state index contributed by atoms with van der Waals surface area (Å²) in [6, 6.07) is 10.2. The quantitative estimate of drug-likeness (QED) is 0.779. The van der Waals surface area contributed by atoms with Crippen molar-refractivity contribution in [3.8, 4) is 0 Å². The minimum atomic E-state index is 0.0118. The van der Waals surface area contributed by atoms with Crippen molar-refractivity contribution in [1.82, 2.24) is 4.90 Å². The van der Waals surface area contributed by atoms with Gasteiger partial charge in [0.1, 0.15) is 0 Å². The van der Waals surface area contributed by atoms with Crippen molar-refractivity contribution in [3.63, 3.8) is 0 Å². The fraction of sp³-hybridized carbons (Fsp3) is 0.533. The topological polar surface area (TPSA) is 20.3 Å². The lowest BCUT2D eigenvalue weighted by atomic mass is 10.0. The zero-order valence-electron chi connectivity index (χ0n) is 11.1. The number of nitrogens with zero attached hydrogens (tertiary/aromatic N) is 1. The number of carbonyl (C=O) groups is 1. The number of hydrogen-bond acceptors (Lipinski definition) is 2. The zero-order chi connectivity index (χ0) is 13.0. The van der Waals surface area contributed by atoms with Gasteiger partial charge in [0.25, 0.3) is 0 Å². The first-order chi connectivity index (χ1) is 8.66. The number of thioether (sulfide) groups is 1. The summed E-state index contributed by atoms with van der Waals surface area (Å²) in [6.45, 7) is 6.11. The summed E-state index contributed by atoms with van der Waals surface area (Å²) < 4.78 is 0. The van der Waals surface area contributed by atoms with E-state index in [4.69, 9.17) is 0 Å². The van der Waals surface area contributed by atoms with Gasteiger partial charge in [0, 0.05) is 18.0 Å². The van der Waals surface area contributed by atoms with Crippen molar-refractivity contribution in [2.24, 2.45) is 5.92 Å². The van der Waals surface area contributed by atoms with Gasteiger partial charge in [-0.25, -0.2) is 0 Å². The van der Waals surface area contributed by atoms with Crippen molar-refractivity contribution < 1.29 is 4.79 Å². The molecule has 0 bridgehead atoms. The van der Waals surface area contributed by atoms with Crippen LogP contribution in [-0.4, -0.2) is 29.1 Å². The van der Waals surface area contributed by atoms with E-state index in [-0.39, 0.29) is 11.2 Å². The number of rotatable bonds is 3. The average Bonchev–Trinajstić information content (AvgIpc) is 2.39. The highest BCUT2D eigenvalue weighted by atomic mass is 32.2. The molecule has 1 amide bonds. The largest absolute Gasteiger partial charge is 0.341 e. The first kappa shape index (κ1) is 13.5. The Morgan fingerprint density at radius 2 is 2.11 bits per heavy atom. The van der Waals surface area contributed by atoms with Crippen molar-refractivity contribution in [2.75, 3.05) is 13.1 Å². The molecule has 98 valence electrons. The lowest BCUT2D eigenvalue weighted by Crippen LogP contribution is -2.42. The molecule has 1 aliphatic rings. The van der Waals surface area contributed by atoms with Gasteiger partial charge < -0.3 is 4.90 Å². The summed E-state index contributed by atoms with van der Waals surface area (Å²) in [7, 11) is 0. The summed E-state index contributed by atoms with van der Waals surface area (Å²) in [5.41, 5.74) is 0. The number of benzene rings is 1. The number of piperidine rings is 1. The highest BCUT2D eigenvalue weighted by molar-refractivity contribution is 8.00. The van der Waals surface area contributed by atoms with E-state index in [0.29, 0.717) is 5.92 Å². The highest BCUT2D eigenvalue weighted by Gasteiger charge is 2.25. The molecule has 2 unspecified atom stereocenters. The Balaban J connectivity index is 1.92. The minimum absolute atomic E-state index is 0.0118. The maximum absolute atomic E-state index is 12.4. The summed E-state index contributed by atoms with van der Waals surface area (Å²) >= 11 is 1.66. The Labute approximate surface area is 114 Å². The Bertz CT molecular complexity index is 393. The third-order valence-corrected chi connectivity index (χ3v) is 4.47. The van der Waals surface area contributed by atoms with E-state index in [1.54, 1.807) is 11.8 Å². The number of hydrogen-bond donors (Lipinski definition) is 0. The molecule has 0 aliphatic carbocycles. The smallest absolute Gasteiger partial charge is 0.235 e. The standard InChI is InChI=1S/C15H21NOS/c1-12-7-6-10-16(11-12)15(17)13(2)18-14-8-4-3-5-9-14/h3-5,8-9,12-13H,6-7,10-11H2,1-2H3. The van der Waals surface area contributed by atoms with E-state index in [1.165, 1.54) is 11.3 Å². The van der Waals surface area contributed by atoms with Crippen LogP contribution in [0.4, 0.5) is 0 Å². The number of amides is 1. The van der Waals surface area contributed by atoms with Crippen LogP contribution in [0.25, 0.3) is 0 Å². The Morgan fingerprint density at radius 1 is 1.39 bits per heavy atom. The average molecular weight is 263 g/mol. The van der Waals surface area contributed by atoms with Crippen LogP contribution >= 0.6 is 11.8 Å². The van der Waals surface area contributed by atoms with Gasteiger partial charge in [0.05, 0.1) is 5.25 Å². The van der Waals surface area contributed by atoms with Crippen molar-refractivity contribution in [2.45, 2.75) is 36.8 Å². The molecule has 3 heteroatoms. The Morgan fingerprint density at radius 3 is 2.78 bits per heavy atom. The van der Waals surface area contributed by atoms with Crippen LogP contribution in [0.2, 0.25) is 0 Å². The SMILES string of the molecule is CC1CCCN(C(=O)C(C)Sc2ccccc2)C1. The normalized spacial score (nSPS) is 21.7. The molecule has 0 spiro atoms. The second-order valence-electron chi connectivity index (χ2n) is 5.10. The van der Waals surface area contributed by atoms with Gasteiger partial charge >= 0.3 is 0 Å². The van der Waals surface area contributed by atoms with Gasteiger partial charge in [-0.2, -0.15) is 0 Å². The maximum atomic E-state index is 12.4. The van der Waals surface area contributed by atoms with E-state index in [2.05, 4.69) is 19.1 Å². The second kappa shape index (κ2) is 6.28. The van der Waals surface area contributed by atoms with Crippen LogP contribution in [0.5, 0.6) is 0 Å². The first-order valence-corrected chi connectivity index (χ1v) is 7.55. The molecule has 0 N–H and O–H groups in total. The highest BCUT2D eigenvalue weighted by Crippen LogP contribution is 2.25. The second-order valence-corrected chi connectivity index (χ2v) is 6.52. The van der Waals surface area contributed by atoms with Crippen LogP contribution < -0.4 is 0 Å². The third kappa shape index (κ3) is 3.52. The van der Waals surface area contributed by atoms with Gasteiger partial charge in [-0.05, 0) is 37.8 Å². The number of likely N-dealkylation sites (tertiary alicyclic amines) is 1. The van der Waals surface area contributed by atoms with Gasteiger partial charge in [-0.3, -0.25) is 4.79 Å². The molecule has 0 aromatic heterocycles. The zero-order valence-corrected chi connectivity index (χ0v) is 12.0. The summed E-state index contributed by atoms with van der Waals surface area (Å²) in [6.07, 6.45) is 2.40. The lowest BCUT2D eigenvalue weighted by molar-refractivity contribution is -0.131. The van der Waals surface area contributed by atoms with Crippen molar-refractivity contribution in [3.05, 3.63) is 30.3 Å². The Hall–Kier alpha value is -0.960. The monoisotopic (exact) mass is 263 g/mol. The first-order valence-electron chi connectivity index (χ1n) is 6.67. The molecular formula is C15H21NOS. The van der Waals surface area contributed by atoms with Gasteiger partial charge in [-0.15, -0.1) is 11.8 Å². The molecular weight excluding hydrogens is 242 g/mol.